The molecule has 9 rings (SSSR count). The Morgan fingerprint density at radius 3 is 2.43 bits per heavy atom. The normalized spacial score (nSPS) is 32.9. The zero-order valence-electron chi connectivity index (χ0n) is 31.6. The van der Waals surface area contributed by atoms with Crippen LogP contribution in [0.15, 0.2) is 36.4 Å². The molecule has 5 heterocycles. The lowest BCUT2D eigenvalue weighted by Crippen LogP contribution is -2.69. The number of alkyl halides is 6. The lowest BCUT2D eigenvalue weighted by molar-refractivity contribution is -0.494. The van der Waals surface area contributed by atoms with E-state index in [2.05, 4.69) is 24.1 Å². The number of aromatic nitrogens is 1. The molecule has 9 atom stereocenters. The number of esters is 1. The van der Waals surface area contributed by atoms with Crippen molar-refractivity contribution >= 4 is 33.7 Å². The van der Waals surface area contributed by atoms with E-state index in [1.54, 1.807) is 6.07 Å². The van der Waals surface area contributed by atoms with Gasteiger partial charge in [0.05, 0.1) is 41.1 Å². The lowest BCUT2D eigenvalue weighted by atomic mass is 9.56. The maximum atomic E-state index is 13.5. The summed E-state index contributed by atoms with van der Waals surface area (Å²) in [7, 11) is 0. The van der Waals surface area contributed by atoms with Gasteiger partial charge in [0.15, 0.2) is 0 Å². The minimum Gasteiger partial charge on any atom is -0.481 e. The smallest absolute Gasteiger partial charge is 0.418 e. The van der Waals surface area contributed by atoms with E-state index in [0.29, 0.717) is 34.6 Å². The molecule has 2 bridgehead atoms. The van der Waals surface area contributed by atoms with E-state index in [1.807, 2.05) is 6.92 Å². The standard InChI is InChI=1S/C21H18F6N2.C20H30O7/c22-20(23,24)12-7-8-14-16(11-13-4-1-2-9-28-13)15-5-3-6-17(21(25,26)27)19(15)29-18(14)10-12;1-11-4-5-14-12(2)18(25-17(23)7-6-16(21)22)24-15-10-19(3)9-8-13(11)20(14,15)27-26-19/h3,5-8,10,13,28H,1-2,4,9,11H2;11-15,18H,4-10H2,1-3H3,(H,21,22)/t;11-,12-,13+,14+,15-,18-,19-,20-/m.1/s1. The third kappa shape index (κ3) is 7.85. The van der Waals surface area contributed by atoms with Gasteiger partial charge in [0.1, 0.15) is 11.2 Å². The van der Waals surface area contributed by atoms with Gasteiger partial charge in [-0.2, -0.15) is 26.3 Å². The number of piperidine rings is 1. The fourth-order valence-corrected chi connectivity index (χ4v) is 9.98. The van der Waals surface area contributed by atoms with E-state index < -0.39 is 47.3 Å². The second kappa shape index (κ2) is 15.3. The summed E-state index contributed by atoms with van der Waals surface area (Å²) < 4.78 is 92.0. The van der Waals surface area contributed by atoms with Gasteiger partial charge in [0, 0.05) is 35.1 Å². The number of hydrogen-bond donors (Lipinski definition) is 2. The highest BCUT2D eigenvalue weighted by atomic mass is 19.4. The average Bonchev–Trinajstić information content (AvgIpc) is 3.37. The Kier molecular flexibility index (Phi) is 11.1. The Morgan fingerprint density at radius 1 is 0.946 bits per heavy atom. The first-order valence-electron chi connectivity index (χ1n) is 19.6. The van der Waals surface area contributed by atoms with Gasteiger partial charge < -0.3 is 19.9 Å². The highest BCUT2D eigenvalue weighted by Crippen LogP contribution is 2.61. The highest BCUT2D eigenvalue weighted by Gasteiger charge is 2.68. The summed E-state index contributed by atoms with van der Waals surface area (Å²) in [4.78, 5) is 39.0. The van der Waals surface area contributed by atoms with Crippen LogP contribution < -0.4 is 5.32 Å². The van der Waals surface area contributed by atoms with Crippen LogP contribution in [-0.4, -0.2) is 58.2 Å². The molecule has 2 saturated carbocycles. The van der Waals surface area contributed by atoms with Gasteiger partial charge in [-0.1, -0.05) is 38.5 Å². The molecule has 1 aromatic heterocycles. The van der Waals surface area contributed by atoms with E-state index in [4.69, 9.17) is 24.4 Å². The van der Waals surface area contributed by atoms with Crippen molar-refractivity contribution in [3.05, 3.63) is 53.1 Å². The van der Waals surface area contributed by atoms with Crippen molar-refractivity contribution in [2.24, 2.45) is 23.7 Å². The molecule has 56 heavy (non-hydrogen) atoms. The van der Waals surface area contributed by atoms with Crippen molar-refractivity contribution in [3.8, 4) is 0 Å². The number of pyridine rings is 1. The molecule has 15 heteroatoms. The summed E-state index contributed by atoms with van der Waals surface area (Å²) >= 11 is 0. The number of carbonyl (C=O) groups excluding carboxylic acids is 1. The van der Waals surface area contributed by atoms with Crippen molar-refractivity contribution in [1.29, 1.82) is 0 Å². The molecule has 4 saturated heterocycles. The van der Waals surface area contributed by atoms with Gasteiger partial charge in [0.25, 0.3) is 0 Å². The molecule has 0 amide bonds. The van der Waals surface area contributed by atoms with Gasteiger partial charge >= 0.3 is 24.3 Å². The summed E-state index contributed by atoms with van der Waals surface area (Å²) in [5.74, 6) is -0.455. The largest absolute Gasteiger partial charge is 0.481 e. The predicted octanol–water partition coefficient (Wildman–Crippen LogP) is 9.17. The molecule has 306 valence electrons. The molecule has 1 spiro atoms. The van der Waals surface area contributed by atoms with E-state index in [9.17, 15) is 35.9 Å². The zero-order valence-corrected chi connectivity index (χ0v) is 31.6. The van der Waals surface area contributed by atoms with Crippen LogP contribution in [0, 0.1) is 23.7 Å². The molecule has 0 radical (unpaired) electrons. The fourth-order valence-electron chi connectivity index (χ4n) is 9.98. The van der Waals surface area contributed by atoms with Crippen molar-refractivity contribution in [2.45, 2.75) is 133 Å². The topological polar surface area (TPSA) is 116 Å². The molecule has 6 aliphatic rings. The number of para-hydroxylation sites is 1. The monoisotopic (exact) mass is 794 g/mol. The third-order valence-corrected chi connectivity index (χ3v) is 12.8. The summed E-state index contributed by atoms with van der Waals surface area (Å²) in [6, 6.07) is 6.98. The Labute approximate surface area is 320 Å². The zero-order chi connectivity index (χ0) is 40.2. The number of carbonyl (C=O) groups is 2. The first-order valence-corrected chi connectivity index (χ1v) is 19.6. The molecule has 1 unspecified atom stereocenters. The van der Waals surface area contributed by atoms with E-state index in [0.717, 1.165) is 76.1 Å². The Morgan fingerprint density at radius 2 is 1.73 bits per heavy atom. The van der Waals surface area contributed by atoms with Crippen LogP contribution in [0.1, 0.15) is 102 Å². The SMILES string of the molecule is C[C@H]1[C@@H](OC(=O)CCC(=O)O)O[C@@H]2C[C@@]3(C)CC[C@H]4[C@H](C)CC[C@@H]1[C@@]24OO3.FC(F)(F)c1ccc2c(CC3CCCCN3)c3cccc(C(F)(F)F)c3nc2c1. The fraction of sp³-hybridized carbons (Fsp3) is 0.634. The number of nitrogens with zero attached hydrogens (tertiary/aromatic N) is 1. The number of halogens is 6. The molecule has 4 aliphatic heterocycles. The van der Waals surface area contributed by atoms with Crippen LogP contribution >= 0.6 is 0 Å². The number of aliphatic carboxylic acids is 1. The Balaban J connectivity index is 0.000000172. The summed E-state index contributed by atoms with van der Waals surface area (Å²) in [6.45, 7) is 7.21. The molecule has 9 nitrogen and oxygen atoms in total. The maximum Gasteiger partial charge on any atom is 0.418 e. The minimum absolute atomic E-state index is 0.0314. The molecular formula is C41H48F6N2O7. The van der Waals surface area contributed by atoms with Crippen molar-refractivity contribution in [3.63, 3.8) is 0 Å². The van der Waals surface area contributed by atoms with E-state index in [1.165, 1.54) is 12.1 Å². The maximum absolute atomic E-state index is 13.5. The van der Waals surface area contributed by atoms with Crippen molar-refractivity contribution < 1.29 is 60.3 Å². The van der Waals surface area contributed by atoms with Crippen LogP contribution in [0.2, 0.25) is 0 Å². The number of nitrogens with one attached hydrogen (secondary N) is 1. The Hall–Kier alpha value is -3.53. The number of ether oxygens (including phenoxy) is 2. The second-order valence-corrected chi connectivity index (χ2v) is 16.6. The quantitative estimate of drug-likeness (QED) is 0.109. The molecule has 2 aliphatic carbocycles. The summed E-state index contributed by atoms with van der Waals surface area (Å²) in [6.07, 6.45) is -2.29. The first kappa shape index (κ1) is 40.7. The molecule has 2 aromatic carbocycles. The summed E-state index contributed by atoms with van der Waals surface area (Å²) in [5, 5.41) is 12.9. The van der Waals surface area contributed by atoms with Crippen LogP contribution in [0.5, 0.6) is 0 Å². The minimum atomic E-state index is -4.65. The van der Waals surface area contributed by atoms with E-state index >= 15 is 0 Å². The average molecular weight is 795 g/mol. The lowest BCUT2D eigenvalue weighted by Gasteiger charge is -2.60. The van der Waals surface area contributed by atoms with Gasteiger partial charge in [-0.3, -0.25) is 9.59 Å². The highest BCUT2D eigenvalue weighted by molar-refractivity contribution is 5.99. The molecular weight excluding hydrogens is 746 g/mol. The van der Waals surface area contributed by atoms with Crippen molar-refractivity contribution in [2.75, 3.05) is 6.54 Å². The van der Waals surface area contributed by atoms with E-state index in [-0.39, 0.29) is 53.5 Å². The van der Waals surface area contributed by atoms with Gasteiger partial charge in [-0.25, -0.2) is 14.8 Å². The van der Waals surface area contributed by atoms with Gasteiger partial charge in [0.2, 0.25) is 6.29 Å². The number of carboxylic acids is 1. The Bertz CT molecular complexity index is 1950. The number of rotatable bonds is 6. The number of benzene rings is 2. The van der Waals surface area contributed by atoms with Crippen LogP contribution in [-0.2, 0) is 47.6 Å². The van der Waals surface area contributed by atoms with Gasteiger partial charge in [-0.15, -0.1) is 0 Å². The number of fused-ring (bicyclic) bond motifs is 4. The number of carboxylic acid groups (broad SMARTS) is 1. The molecule has 3 aromatic rings. The van der Waals surface area contributed by atoms with Crippen LogP contribution in [0.25, 0.3) is 21.8 Å². The molecule has 6 fully saturated rings. The van der Waals surface area contributed by atoms with Gasteiger partial charge in [-0.05, 0) is 94.0 Å². The summed E-state index contributed by atoms with van der Waals surface area (Å²) in [5.41, 5.74) is -2.50. The van der Waals surface area contributed by atoms with Crippen LogP contribution in [0.4, 0.5) is 26.3 Å². The third-order valence-electron chi connectivity index (χ3n) is 12.8. The van der Waals surface area contributed by atoms with Crippen molar-refractivity contribution in [1.82, 2.24) is 10.3 Å². The number of hydrogen-bond acceptors (Lipinski definition) is 8. The second-order valence-electron chi connectivity index (χ2n) is 16.6. The van der Waals surface area contributed by atoms with Crippen LogP contribution in [0.3, 0.4) is 0 Å². The predicted molar refractivity (Wildman–Crippen MR) is 192 cm³/mol. The first-order chi connectivity index (χ1) is 26.4. The molecule has 2 N–H and O–H groups in total.